The summed E-state index contributed by atoms with van der Waals surface area (Å²) in [6.07, 6.45) is 6.29. The summed E-state index contributed by atoms with van der Waals surface area (Å²) in [5.74, 6) is -0.209. The molecule has 1 N–H and O–H groups in total. The van der Waals surface area contributed by atoms with Gasteiger partial charge in [-0.05, 0) is 39.8 Å². The van der Waals surface area contributed by atoms with E-state index < -0.39 is 0 Å². The Bertz CT molecular complexity index is 748. The fourth-order valence-corrected chi connectivity index (χ4v) is 2.95. The van der Waals surface area contributed by atoms with E-state index in [1.807, 2.05) is 6.20 Å². The Morgan fingerprint density at radius 3 is 2.26 bits per heavy atom. The predicted octanol–water partition coefficient (Wildman–Crippen LogP) is 5.36. The van der Waals surface area contributed by atoms with E-state index in [0.717, 1.165) is 11.1 Å². The van der Waals surface area contributed by atoms with Gasteiger partial charge in [-0.1, -0.05) is 69.3 Å². The molecule has 1 heterocycles. The van der Waals surface area contributed by atoms with Gasteiger partial charge in [-0.25, -0.2) is 4.39 Å². The van der Waals surface area contributed by atoms with Gasteiger partial charge in [-0.15, -0.1) is 0 Å². The Morgan fingerprint density at radius 2 is 1.65 bits per heavy atom. The smallest absolute Gasteiger partial charge is 0.123 e. The molecule has 0 saturated carbocycles. The molecular weight excluding hydrogens is 285 g/mol. The molecule has 1 aliphatic rings. The third-order valence-electron chi connectivity index (χ3n) is 4.17. The van der Waals surface area contributed by atoms with E-state index in [1.165, 1.54) is 23.3 Å². The van der Waals surface area contributed by atoms with Gasteiger partial charge in [0.15, 0.2) is 0 Å². The van der Waals surface area contributed by atoms with Gasteiger partial charge < -0.3 is 5.32 Å². The first kappa shape index (κ1) is 15.5. The Kier molecular flexibility index (Phi) is 4.08. The molecule has 1 atom stereocenters. The third-order valence-corrected chi connectivity index (χ3v) is 4.17. The van der Waals surface area contributed by atoms with Crippen molar-refractivity contribution in [3.63, 3.8) is 0 Å². The molecule has 0 amide bonds. The van der Waals surface area contributed by atoms with E-state index in [2.05, 4.69) is 62.5 Å². The van der Waals surface area contributed by atoms with Crippen LogP contribution in [0.5, 0.6) is 0 Å². The molecule has 0 aromatic heterocycles. The minimum absolute atomic E-state index is 0.104. The van der Waals surface area contributed by atoms with Crippen molar-refractivity contribution in [2.75, 3.05) is 0 Å². The van der Waals surface area contributed by atoms with E-state index in [1.54, 1.807) is 12.1 Å². The highest BCUT2D eigenvalue weighted by atomic mass is 19.1. The van der Waals surface area contributed by atoms with Crippen molar-refractivity contribution in [3.05, 3.63) is 89.4 Å². The van der Waals surface area contributed by atoms with Crippen LogP contribution >= 0.6 is 0 Å². The van der Waals surface area contributed by atoms with Crippen LogP contribution in [0.15, 0.2) is 66.9 Å². The molecule has 0 spiro atoms. The molecule has 1 aliphatic heterocycles. The van der Waals surface area contributed by atoms with E-state index >= 15 is 0 Å². The van der Waals surface area contributed by atoms with Gasteiger partial charge >= 0.3 is 0 Å². The van der Waals surface area contributed by atoms with Crippen LogP contribution in [0.4, 0.5) is 4.39 Å². The molecule has 3 rings (SSSR count). The van der Waals surface area contributed by atoms with Gasteiger partial charge in [-0.3, -0.25) is 0 Å². The van der Waals surface area contributed by atoms with Gasteiger partial charge in [0.05, 0.1) is 6.04 Å². The lowest BCUT2D eigenvalue weighted by molar-refractivity contribution is 0.572. The number of halogens is 1. The summed E-state index contributed by atoms with van der Waals surface area (Å²) in [4.78, 5) is 0. The number of hydrogen-bond acceptors (Lipinski definition) is 1. The molecule has 2 aromatic rings. The number of hydrogen-bond donors (Lipinski definition) is 1. The molecule has 0 aliphatic carbocycles. The van der Waals surface area contributed by atoms with Crippen LogP contribution in [0.3, 0.4) is 0 Å². The van der Waals surface area contributed by atoms with E-state index in [9.17, 15) is 4.39 Å². The Labute approximate surface area is 137 Å². The second kappa shape index (κ2) is 6.04. The van der Waals surface area contributed by atoms with Gasteiger partial charge in [-0.2, -0.15) is 0 Å². The van der Waals surface area contributed by atoms with Crippen molar-refractivity contribution in [2.24, 2.45) is 0 Å². The average Bonchev–Trinajstić information content (AvgIpc) is 2.55. The molecule has 0 saturated heterocycles. The zero-order valence-electron chi connectivity index (χ0n) is 13.8. The van der Waals surface area contributed by atoms with Crippen molar-refractivity contribution in [2.45, 2.75) is 32.2 Å². The summed E-state index contributed by atoms with van der Waals surface area (Å²) >= 11 is 0. The van der Waals surface area contributed by atoms with Crippen molar-refractivity contribution in [1.29, 1.82) is 0 Å². The number of dihydropyridines is 1. The molecule has 1 unspecified atom stereocenters. The SMILES string of the molecule is CC(C)(C)c1ccccc1C1C=CC(c2ccc(F)cc2)=CN1. The van der Waals surface area contributed by atoms with E-state index in [0.29, 0.717) is 0 Å². The minimum atomic E-state index is -0.209. The predicted molar refractivity (Wildman–Crippen MR) is 94.5 cm³/mol. The van der Waals surface area contributed by atoms with Gasteiger partial charge in [0.2, 0.25) is 0 Å². The van der Waals surface area contributed by atoms with Crippen molar-refractivity contribution in [3.8, 4) is 0 Å². The summed E-state index contributed by atoms with van der Waals surface area (Å²) in [7, 11) is 0. The van der Waals surface area contributed by atoms with Crippen LogP contribution in [0.1, 0.15) is 43.5 Å². The molecule has 0 fully saturated rings. The fourth-order valence-electron chi connectivity index (χ4n) is 2.95. The second-order valence-corrected chi connectivity index (χ2v) is 6.95. The maximum Gasteiger partial charge on any atom is 0.123 e. The minimum Gasteiger partial charge on any atom is -0.380 e. The molecule has 23 heavy (non-hydrogen) atoms. The maximum absolute atomic E-state index is 13.0. The van der Waals surface area contributed by atoms with Crippen molar-refractivity contribution < 1.29 is 4.39 Å². The quantitative estimate of drug-likeness (QED) is 0.787. The highest BCUT2D eigenvalue weighted by molar-refractivity contribution is 5.75. The number of benzene rings is 2. The molecule has 0 radical (unpaired) electrons. The Hall–Kier alpha value is -2.35. The topological polar surface area (TPSA) is 12.0 Å². The summed E-state index contributed by atoms with van der Waals surface area (Å²) in [6, 6.07) is 15.3. The lowest BCUT2D eigenvalue weighted by atomic mass is 9.81. The summed E-state index contributed by atoms with van der Waals surface area (Å²) in [5, 5.41) is 3.47. The van der Waals surface area contributed by atoms with Gasteiger partial charge in [0.1, 0.15) is 5.82 Å². The molecule has 2 heteroatoms. The zero-order valence-corrected chi connectivity index (χ0v) is 13.8. The van der Waals surface area contributed by atoms with Crippen LogP contribution in [-0.2, 0) is 5.41 Å². The summed E-state index contributed by atoms with van der Waals surface area (Å²) in [5.41, 5.74) is 4.83. The monoisotopic (exact) mass is 307 g/mol. The molecule has 2 aromatic carbocycles. The second-order valence-electron chi connectivity index (χ2n) is 6.95. The molecule has 118 valence electrons. The largest absolute Gasteiger partial charge is 0.380 e. The first-order valence-electron chi connectivity index (χ1n) is 7.95. The number of allylic oxidation sites excluding steroid dienone is 2. The molecule has 0 bridgehead atoms. The summed E-state index contributed by atoms with van der Waals surface area (Å²) in [6.45, 7) is 6.70. The molecule has 1 nitrogen and oxygen atoms in total. The fraction of sp³-hybridized carbons (Fsp3) is 0.238. The standard InChI is InChI=1S/C21H22FN/c1-21(2,3)19-7-5-4-6-18(19)20-13-10-16(14-23-20)15-8-11-17(22)12-9-15/h4-14,20,23H,1-3H3. The van der Waals surface area contributed by atoms with Crippen LogP contribution in [0.25, 0.3) is 5.57 Å². The number of rotatable bonds is 2. The maximum atomic E-state index is 13.0. The first-order chi connectivity index (χ1) is 10.9. The van der Waals surface area contributed by atoms with Gasteiger partial charge in [0.25, 0.3) is 0 Å². The van der Waals surface area contributed by atoms with Crippen LogP contribution in [-0.4, -0.2) is 0 Å². The highest BCUT2D eigenvalue weighted by Gasteiger charge is 2.21. The van der Waals surface area contributed by atoms with E-state index in [4.69, 9.17) is 0 Å². The first-order valence-corrected chi connectivity index (χ1v) is 7.95. The normalized spacial score (nSPS) is 17.6. The third kappa shape index (κ3) is 3.37. The Balaban J connectivity index is 1.85. The van der Waals surface area contributed by atoms with Crippen LogP contribution in [0.2, 0.25) is 0 Å². The lowest BCUT2D eigenvalue weighted by Crippen LogP contribution is -2.22. The zero-order chi connectivity index (χ0) is 16.4. The van der Waals surface area contributed by atoms with Crippen LogP contribution in [0, 0.1) is 5.82 Å². The van der Waals surface area contributed by atoms with Crippen molar-refractivity contribution >= 4 is 5.57 Å². The van der Waals surface area contributed by atoms with Crippen molar-refractivity contribution in [1.82, 2.24) is 5.32 Å². The molecular formula is C21H22FN. The van der Waals surface area contributed by atoms with E-state index in [-0.39, 0.29) is 17.3 Å². The van der Waals surface area contributed by atoms with Gasteiger partial charge in [0, 0.05) is 6.20 Å². The summed E-state index contributed by atoms with van der Waals surface area (Å²) < 4.78 is 13.0. The average molecular weight is 307 g/mol. The lowest BCUT2D eigenvalue weighted by Gasteiger charge is -2.28. The highest BCUT2D eigenvalue weighted by Crippen LogP contribution is 2.32. The number of nitrogens with one attached hydrogen (secondary N) is 1. The van der Waals surface area contributed by atoms with Crippen LogP contribution < -0.4 is 5.32 Å². The Morgan fingerprint density at radius 1 is 0.957 bits per heavy atom.